The topological polar surface area (TPSA) is 86.5 Å². The maximum Gasteiger partial charge on any atom is 0.358 e. The minimum Gasteiger partial charge on any atom is -0.476 e. The molecule has 1 fully saturated rings. The molecule has 1 saturated heterocycles. The lowest BCUT2D eigenvalue weighted by molar-refractivity contribution is -0.163. The predicted molar refractivity (Wildman–Crippen MR) is 56.5 cm³/mol. The van der Waals surface area contributed by atoms with E-state index in [2.05, 4.69) is 10.3 Å². The van der Waals surface area contributed by atoms with Crippen LogP contribution >= 0.6 is 0 Å². The standard InChI is InChI=1S/C10H15N3O4/c14-10(15)8-7-13(12-11-8)4-6-17-9-3-1-2-5-16-9/h7,9H,1-6H2,(H,14,15). The smallest absolute Gasteiger partial charge is 0.358 e. The Labute approximate surface area is 98.3 Å². The summed E-state index contributed by atoms with van der Waals surface area (Å²) in [5, 5.41) is 15.9. The molecule has 0 bridgehead atoms. The van der Waals surface area contributed by atoms with Crippen molar-refractivity contribution in [3.63, 3.8) is 0 Å². The van der Waals surface area contributed by atoms with Gasteiger partial charge in [-0.05, 0) is 19.3 Å². The van der Waals surface area contributed by atoms with Gasteiger partial charge in [0.25, 0.3) is 0 Å². The number of carbonyl (C=O) groups is 1. The number of ether oxygens (including phenoxy) is 2. The van der Waals surface area contributed by atoms with E-state index >= 15 is 0 Å². The molecule has 1 aromatic heterocycles. The quantitative estimate of drug-likeness (QED) is 0.808. The van der Waals surface area contributed by atoms with Gasteiger partial charge in [-0.25, -0.2) is 9.48 Å². The van der Waals surface area contributed by atoms with Crippen LogP contribution in [0.3, 0.4) is 0 Å². The third-order valence-electron chi connectivity index (χ3n) is 2.52. The van der Waals surface area contributed by atoms with Crippen molar-refractivity contribution in [1.29, 1.82) is 0 Å². The van der Waals surface area contributed by atoms with Crippen molar-refractivity contribution in [3.05, 3.63) is 11.9 Å². The Morgan fingerprint density at radius 1 is 1.65 bits per heavy atom. The Morgan fingerprint density at radius 2 is 2.53 bits per heavy atom. The molecule has 1 aromatic rings. The fourth-order valence-electron chi connectivity index (χ4n) is 1.63. The van der Waals surface area contributed by atoms with Crippen molar-refractivity contribution < 1.29 is 19.4 Å². The van der Waals surface area contributed by atoms with Gasteiger partial charge in [-0.15, -0.1) is 5.10 Å². The zero-order valence-electron chi connectivity index (χ0n) is 9.41. The summed E-state index contributed by atoms with van der Waals surface area (Å²) in [4.78, 5) is 10.6. The number of carboxylic acid groups (broad SMARTS) is 1. The highest BCUT2D eigenvalue weighted by Crippen LogP contribution is 2.13. The number of hydrogen-bond donors (Lipinski definition) is 1. The maximum absolute atomic E-state index is 10.6. The van der Waals surface area contributed by atoms with E-state index in [0.717, 1.165) is 25.9 Å². The lowest BCUT2D eigenvalue weighted by Crippen LogP contribution is -2.24. The zero-order chi connectivity index (χ0) is 12.1. The Kier molecular flexibility index (Phi) is 4.05. The van der Waals surface area contributed by atoms with Crippen LogP contribution in [0, 0.1) is 0 Å². The average molecular weight is 241 g/mol. The molecule has 7 heteroatoms. The van der Waals surface area contributed by atoms with Crippen LogP contribution in [0.2, 0.25) is 0 Å². The van der Waals surface area contributed by atoms with Crippen LogP contribution in [0.5, 0.6) is 0 Å². The van der Waals surface area contributed by atoms with Crippen molar-refractivity contribution in [3.8, 4) is 0 Å². The number of rotatable bonds is 5. The van der Waals surface area contributed by atoms with E-state index in [1.807, 2.05) is 0 Å². The van der Waals surface area contributed by atoms with Gasteiger partial charge in [0.1, 0.15) is 0 Å². The molecule has 7 nitrogen and oxygen atoms in total. The molecule has 0 spiro atoms. The van der Waals surface area contributed by atoms with Crippen molar-refractivity contribution in [2.75, 3.05) is 13.2 Å². The normalized spacial score (nSPS) is 20.4. The molecule has 1 atom stereocenters. The van der Waals surface area contributed by atoms with Gasteiger partial charge < -0.3 is 14.6 Å². The highest BCUT2D eigenvalue weighted by Gasteiger charge is 2.14. The molecule has 2 rings (SSSR count). The van der Waals surface area contributed by atoms with E-state index < -0.39 is 5.97 Å². The molecule has 1 aliphatic heterocycles. The van der Waals surface area contributed by atoms with Gasteiger partial charge in [0.2, 0.25) is 0 Å². The number of aromatic carboxylic acids is 1. The highest BCUT2D eigenvalue weighted by atomic mass is 16.7. The lowest BCUT2D eigenvalue weighted by atomic mass is 10.2. The summed E-state index contributed by atoms with van der Waals surface area (Å²) in [6, 6.07) is 0. The molecule has 0 radical (unpaired) electrons. The van der Waals surface area contributed by atoms with Gasteiger partial charge in [0.05, 0.1) is 19.3 Å². The Balaban J connectivity index is 1.71. The first-order valence-electron chi connectivity index (χ1n) is 5.62. The van der Waals surface area contributed by atoms with E-state index in [4.69, 9.17) is 14.6 Å². The summed E-state index contributed by atoms with van der Waals surface area (Å²) in [6.45, 7) is 1.66. The third-order valence-corrected chi connectivity index (χ3v) is 2.52. The van der Waals surface area contributed by atoms with Crippen LogP contribution < -0.4 is 0 Å². The predicted octanol–water partition coefficient (Wildman–Crippen LogP) is 0.519. The van der Waals surface area contributed by atoms with Gasteiger partial charge in [-0.2, -0.15) is 0 Å². The van der Waals surface area contributed by atoms with Crippen molar-refractivity contribution in [2.24, 2.45) is 0 Å². The van der Waals surface area contributed by atoms with Gasteiger partial charge in [-0.3, -0.25) is 0 Å². The van der Waals surface area contributed by atoms with E-state index in [0.29, 0.717) is 13.2 Å². The van der Waals surface area contributed by atoms with Crippen LogP contribution in [0.25, 0.3) is 0 Å². The second kappa shape index (κ2) is 5.74. The van der Waals surface area contributed by atoms with Crippen LogP contribution in [-0.2, 0) is 16.0 Å². The summed E-state index contributed by atoms with van der Waals surface area (Å²) < 4.78 is 12.3. The summed E-state index contributed by atoms with van der Waals surface area (Å²) in [5.74, 6) is -1.08. The molecular formula is C10H15N3O4. The molecule has 17 heavy (non-hydrogen) atoms. The number of nitrogens with zero attached hydrogens (tertiary/aromatic N) is 3. The van der Waals surface area contributed by atoms with E-state index in [-0.39, 0.29) is 12.0 Å². The Morgan fingerprint density at radius 3 is 3.18 bits per heavy atom. The average Bonchev–Trinajstić information content (AvgIpc) is 2.79. The SMILES string of the molecule is O=C(O)c1cn(CCOC2CCCCO2)nn1. The maximum atomic E-state index is 10.6. The second-order valence-electron chi connectivity index (χ2n) is 3.84. The molecule has 0 aliphatic carbocycles. The third kappa shape index (κ3) is 3.50. The molecule has 1 unspecified atom stereocenters. The Bertz CT molecular complexity index is 373. The van der Waals surface area contributed by atoms with Crippen LogP contribution in [0.15, 0.2) is 6.20 Å². The lowest BCUT2D eigenvalue weighted by Gasteiger charge is -2.22. The van der Waals surface area contributed by atoms with Crippen molar-refractivity contribution in [1.82, 2.24) is 15.0 Å². The van der Waals surface area contributed by atoms with E-state index in [1.54, 1.807) is 0 Å². The van der Waals surface area contributed by atoms with Gasteiger partial charge in [0, 0.05) is 6.61 Å². The zero-order valence-corrected chi connectivity index (χ0v) is 9.41. The number of aromatic nitrogens is 3. The molecule has 1 aliphatic rings. The first-order chi connectivity index (χ1) is 8.25. The summed E-state index contributed by atoms with van der Waals surface area (Å²) in [7, 11) is 0. The molecule has 0 aromatic carbocycles. The largest absolute Gasteiger partial charge is 0.476 e. The minimum absolute atomic E-state index is 0.0566. The van der Waals surface area contributed by atoms with Gasteiger partial charge in [-0.1, -0.05) is 5.21 Å². The molecular weight excluding hydrogens is 226 g/mol. The first kappa shape index (κ1) is 12.0. The van der Waals surface area contributed by atoms with Crippen LogP contribution in [0.1, 0.15) is 29.8 Å². The summed E-state index contributed by atoms with van der Waals surface area (Å²) in [6.07, 6.45) is 4.37. The molecule has 2 heterocycles. The molecule has 0 saturated carbocycles. The van der Waals surface area contributed by atoms with Crippen LogP contribution in [0.4, 0.5) is 0 Å². The molecule has 1 N–H and O–H groups in total. The molecule has 94 valence electrons. The fraction of sp³-hybridized carbons (Fsp3) is 0.700. The van der Waals surface area contributed by atoms with Gasteiger partial charge in [0.15, 0.2) is 12.0 Å². The fourth-order valence-corrected chi connectivity index (χ4v) is 1.63. The monoisotopic (exact) mass is 241 g/mol. The summed E-state index contributed by atoms with van der Waals surface area (Å²) in [5.41, 5.74) is -0.0566. The second-order valence-corrected chi connectivity index (χ2v) is 3.84. The minimum atomic E-state index is -1.08. The van der Waals surface area contributed by atoms with Crippen LogP contribution in [-0.4, -0.2) is 45.6 Å². The Hall–Kier alpha value is -1.47. The number of hydrogen-bond acceptors (Lipinski definition) is 5. The van der Waals surface area contributed by atoms with E-state index in [9.17, 15) is 4.79 Å². The first-order valence-corrected chi connectivity index (χ1v) is 5.62. The van der Waals surface area contributed by atoms with Crippen molar-refractivity contribution >= 4 is 5.97 Å². The van der Waals surface area contributed by atoms with E-state index in [1.165, 1.54) is 10.9 Å². The summed E-state index contributed by atoms with van der Waals surface area (Å²) >= 11 is 0. The van der Waals surface area contributed by atoms with Gasteiger partial charge >= 0.3 is 5.97 Å². The highest BCUT2D eigenvalue weighted by molar-refractivity contribution is 5.84. The number of carboxylic acids is 1. The molecule has 0 amide bonds. The van der Waals surface area contributed by atoms with Crippen molar-refractivity contribution in [2.45, 2.75) is 32.1 Å².